The maximum atomic E-state index is 12.2. The summed E-state index contributed by atoms with van der Waals surface area (Å²) in [5.41, 5.74) is 1.93. The molecule has 5 heteroatoms. The molecule has 27 heavy (non-hydrogen) atoms. The van der Waals surface area contributed by atoms with Gasteiger partial charge >= 0.3 is 6.09 Å². The molecule has 1 amide bonds. The number of rotatable bonds is 7. The second-order valence-electron chi connectivity index (χ2n) is 6.38. The van der Waals surface area contributed by atoms with E-state index in [0.29, 0.717) is 6.42 Å². The van der Waals surface area contributed by atoms with Crippen LogP contribution in [0.3, 0.4) is 0 Å². The van der Waals surface area contributed by atoms with Gasteiger partial charge in [-0.3, -0.25) is 0 Å². The van der Waals surface area contributed by atoms with Gasteiger partial charge in [-0.2, -0.15) is 0 Å². The fourth-order valence-corrected chi connectivity index (χ4v) is 3.23. The van der Waals surface area contributed by atoms with Crippen molar-refractivity contribution in [2.45, 2.75) is 25.2 Å². The number of benzene rings is 3. The summed E-state index contributed by atoms with van der Waals surface area (Å²) in [5, 5.41) is 15.2. The molecule has 0 radical (unpaired) electrons. The van der Waals surface area contributed by atoms with Crippen molar-refractivity contribution in [1.82, 2.24) is 5.32 Å². The van der Waals surface area contributed by atoms with Gasteiger partial charge in [-0.05, 0) is 28.3 Å². The molecule has 0 bridgehead atoms. The lowest BCUT2D eigenvalue weighted by molar-refractivity contribution is 0.111. The second-order valence-corrected chi connectivity index (χ2v) is 6.69. The number of aliphatic hydroxyl groups excluding tert-OH is 1. The van der Waals surface area contributed by atoms with E-state index in [4.69, 9.17) is 16.3 Å². The molecule has 0 heterocycles. The molecular weight excluding hydrogens is 362 g/mol. The fraction of sp³-hybridized carbons (Fsp3) is 0.227. The molecule has 4 nitrogen and oxygen atoms in total. The number of alkyl halides is 1. The Morgan fingerprint density at radius 2 is 1.70 bits per heavy atom. The van der Waals surface area contributed by atoms with Crippen LogP contribution >= 0.6 is 11.6 Å². The summed E-state index contributed by atoms with van der Waals surface area (Å²) in [6, 6.07) is 22.9. The van der Waals surface area contributed by atoms with Gasteiger partial charge in [0, 0.05) is 0 Å². The van der Waals surface area contributed by atoms with Crippen molar-refractivity contribution in [3.05, 3.63) is 83.9 Å². The van der Waals surface area contributed by atoms with Gasteiger partial charge in [0.15, 0.2) is 0 Å². The van der Waals surface area contributed by atoms with Crippen LogP contribution < -0.4 is 5.32 Å². The Bertz CT molecular complexity index is 880. The lowest BCUT2D eigenvalue weighted by Crippen LogP contribution is -2.45. The smallest absolute Gasteiger partial charge is 0.407 e. The Hall–Kier alpha value is -2.56. The highest BCUT2D eigenvalue weighted by atomic mass is 35.5. The van der Waals surface area contributed by atoms with E-state index in [9.17, 15) is 9.90 Å². The van der Waals surface area contributed by atoms with Crippen LogP contribution in [0.1, 0.15) is 11.1 Å². The summed E-state index contributed by atoms with van der Waals surface area (Å²) in [4.78, 5) is 12.2. The number of amides is 1. The molecule has 0 saturated heterocycles. The lowest BCUT2D eigenvalue weighted by atomic mass is 9.97. The first-order chi connectivity index (χ1) is 13.2. The topological polar surface area (TPSA) is 58.6 Å². The molecule has 0 aliphatic carbocycles. The number of alkyl carbamates (subject to hydrolysis) is 1. The first-order valence-corrected chi connectivity index (χ1v) is 9.38. The average molecular weight is 384 g/mol. The molecule has 0 aromatic heterocycles. The lowest BCUT2D eigenvalue weighted by Gasteiger charge is -2.23. The van der Waals surface area contributed by atoms with Crippen LogP contribution in [-0.2, 0) is 17.8 Å². The number of hydrogen-bond donors (Lipinski definition) is 2. The third-order valence-corrected chi connectivity index (χ3v) is 4.77. The Kier molecular flexibility index (Phi) is 6.69. The van der Waals surface area contributed by atoms with Crippen LogP contribution in [-0.4, -0.2) is 29.2 Å². The monoisotopic (exact) mass is 383 g/mol. The van der Waals surface area contributed by atoms with E-state index in [1.54, 1.807) is 0 Å². The van der Waals surface area contributed by atoms with E-state index in [0.717, 1.165) is 21.9 Å². The third-order valence-electron chi connectivity index (χ3n) is 4.46. The van der Waals surface area contributed by atoms with Crippen LogP contribution in [0.5, 0.6) is 0 Å². The fourth-order valence-electron chi connectivity index (χ4n) is 3.01. The number of carbonyl (C=O) groups is 1. The van der Waals surface area contributed by atoms with E-state index in [1.165, 1.54) is 0 Å². The van der Waals surface area contributed by atoms with E-state index >= 15 is 0 Å². The first-order valence-electron chi connectivity index (χ1n) is 8.85. The molecule has 3 aromatic carbocycles. The van der Waals surface area contributed by atoms with Gasteiger partial charge in [-0.15, -0.1) is 11.6 Å². The Labute approximate surface area is 163 Å². The number of nitrogens with one attached hydrogen (secondary N) is 1. The SMILES string of the molecule is O=C(N[C@@H](Cc1cccc2ccccc12)[C@H](O)CCl)OCc1ccccc1. The highest BCUT2D eigenvalue weighted by Gasteiger charge is 2.22. The van der Waals surface area contributed by atoms with E-state index in [-0.39, 0.29) is 12.5 Å². The summed E-state index contributed by atoms with van der Waals surface area (Å²) in [6.07, 6.45) is -1.00. The van der Waals surface area contributed by atoms with Crippen molar-refractivity contribution in [3.63, 3.8) is 0 Å². The molecule has 0 spiro atoms. The number of fused-ring (bicyclic) bond motifs is 1. The van der Waals surface area contributed by atoms with Gasteiger partial charge in [0.2, 0.25) is 0 Å². The molecule has 2 atom stereocenters. The Morgan fingerprint density at radius 1 is 1.00 bits per heavy atom. The summed E-state index contributed by atoms with van der Waals surface area (Å²) in [5.74, 6) is 0.0222. The molecule has 3 aromatic rings. The maximum Gasteiger partial charge on any atom is 0.407 e. The van der Waals surface area contributed by atoms with Crippen molar-refractivity contribution >= 4 is 28.5 Å². The van der Waals surface area contributed by atoms with Gasteiger partial charge in [-0.25, -0.2) is 4.79 Å². The maximum absolute atomic E-state index is 12.2. The molecule has 0 fully saturated rings. The molecule has 0 saturated carbocycles. The van der Waals surface area contributed by atoms with E-state index in [1.807, 2.05) is 72.8 Å². The molecule has 3 rings (SSSR count). The highest BCUT2D eigenvalue weighted by molar-refractivity contribution is 6.18. The minimum absolute atomic E-state index is 0.0222. The second kappa shape index (κ2) is 9.40. The summed E-state index contributed by atoms with van der Waals surface area (Å²) in [6.45, 7) is 0.171. The summed E-state index contributed by atoms with van der Waals surface area (Å²) in [7, 11) is 0. The average Bonchev–Trinajstić information content (AvgIpc) is 2.72. The van der Waals surface area contributed by atoms with Crippen molar-refractivity contribution in [2.75, 3.05) is 5.88 Å². The summed E-state index contributed by atoms with van der Waals surface area (Å²) < 4.78 is 5.27. The molecule has 140 valence electrons. The standard InChI is InChI=1S/C22H22ClNO3/c23-14-21(25)20(24-22(26)27-15-16-7-2-1-3-8-16)13-18-11-6-10-17-9-4-5-12-19(17)18/h1-12,20-21,25H,13-15H2,(H,24,26)/t20-,21+/m0/s1. The van der Waals surface area contributed by atoms with E-state index in [2.05, 4.69) is 5.32 Å². The predicted octanol–water partition coefficient (Wildman–Crippen LogP) is 4.28. The number of hydrogen-bond acceptors (Lipinski definition) is 3. The molecule has 0 aliphatic heterocycles. The van der Waals surface area contributed by atoms with Crippen LogP contribution in [0, 0.1) is 0 Å². The minimum atomic E-state index is -0.880. The normalized spacial score (nSPS) is 13.1. The van der Waals surface area contributed by atoms with Gasteiger partial charge < -0.3 is 15.2 Å². The zero-order chi connectivity index (χ0) is 19.1. The Balaban J connectivity index is 1.69. The van der Waals surface area contributed by atoms with E-state index < -0.39 is 18.2 Å². The Morgan fingerprint density at radius 3 is 2.48 bits per heavy atom. The molecule has 0 aliphatic rings. The minimum Gasteiger partial charge on any atom is -0.445 e. The van der Waals surface area contributed by atoms with Crippen molar-refractivity contribution in [3.8, 4) is 0 Å². The van der Waals surface area contributed by atoms with Crippen LogP contribution in [0.4, 0.5) is 4.79 Å². The molecule has 0 unspecified atom stereocenters. The van der Waals surface area contributed by atoms with Crippen LogP contribution in [0.25, 0.3) is 10.8 Å². The number of aliphatic hydroxyl groups is 1. The van der Waals surface area contributed by atoms with Crippen molar-refractivity contribution in [1.29, 1.82) is 0 Å². The van der Waals surface area contributed by atoms with Gasteiger partial charge in [0.1, 0.15) is 6.61 Å². The van der Waals surface area contributed by atoms with Crippen molar-refractivity contribution < 1.29 is 14.6 Å². The van der Waals surface area contributed by atoms with Gasteiger partial charge in [-0.1, -0.05) is 72.8 Å². The predicted molar refractivity (Wildman–Crippen MR) is 108 cm³/mol. The number of carbonyl (C=O) groups excluding carboxylic acids is 1. The third kappa shape index (κ3) is 5.22. The largest absolute Gasteiger partial charge is 0.445 e. The molecular formula is C22H22ClNO3. The first kappa shape index (κ1) is 19.2. The highest BCUT2D eigenvalue weighted by Crippen LogP contribution is 2.20. The number of halogens is 1. The molecule has 2 N–H and O–H groups in total. The van der Waals surface area contributed by atoms with Gasteiger partial charge in [0.05, 0.1) is 18.0 Å². The zero-order valence-corrected chi connectivity index (χ0v) is 15.6. The van der Waals surface area contributed by atoms with Crippen LogP contribution in [0.2, 0.25) is 0 Å². The zero-order valence-electron chi connectivity index (χ0n) is 14.8. The van der Waals surface area contributed by atoms with Crippen LogP contribution in [0.15, 0.2) is 72.8 Å². The quantitative estimate of drug-likeness (QED) is 0.599. The van der Waals surface area contributed by atoms with Crippen molar-refractivity contribution in [2.24, 2.45) is 0 Å². The number of ether oxygens (including phenoxy) is 1. The summed E-state index contributed by atoms with van der Waals surface area (Å²) >= 11 is 5.85. The van der Waals surface area contributed by atoms with Gasteiger partial charge in [0.25, 0.3) is 0 Å².